The molecule has 174 valence electrons. The summed E-state index contributed by atoms with van der Waals surface area (Å²) in [6, 6.07) is 5.77. The maximum atomic E-state index is 12.8. The van der Waals surface area contributed by atoms with Crippen molar-refractivity contribution in [3.8, 4) is 23.0 Å². The number of hydrogen-bond donors (Lipinski definition) is 9. The number of ether oxygens (including phenoxy) is 1. The number of carbonyl (C=O) groups excluding carboxylic acids is 1. The number of Topliss-reactive ketones (excluding diaryl/α,β-unsaturated/α-hetero) is 1. The summed E-state index contributed by atoms with van der Waals surface area (Å²) in [6.07, 6.45) is -10.1. The predicted molar refractivity (Wildman–Crippen MR) is 106 cm³/mol. The topological polar surface area (TPSA) is 208 Å². The molecule has 11 nitrogen and oxygen atoms in total. The van der Waals surface area contributed by atoms with Crippen LogP contribution in [0.3, 0.4) is 0 Å². The van der Waals surface area contributed by atoms with Crippen LogP contribution < -0.4 is 0 Å². The molecule has 6 atom stereocenters. The minimum Gasteiger partial charge on any atom is -0.507 e. The summed E-state index contributed by atoms with van der Waals surface area (Å²) in [5.41, 5.74) is -0.582. The lowest BCUT2D eigenvalue weighted by Gasteiger charge is -2.40. The highest BCUT2D eigenvalue weighted by Gasteiger charge is 2.46. The average Bonchev–Trinajstić information content (AvgIpc) is 2.75. The van der Waals surface area contributed by atoms with E-state index in [4.69, 9.17) is 4.74 Å². The molecule has 2 aromatic rings. The Morgan fingerprint density at radius 2 is 1.56 bits per heavy atom. The highest BCUT2D eigenvalue weighted by Crippen LogP contribution is 2.43. The maximum absolute atomic E-state index is 12.8. The van der Waals surface area contributed by atoms with Crippen LogP contribution >= 0.6 is 0 Å². The average molecular weight is 452 g/mol. The molecule has 0 aromatic heterocycles. The molecular formula is C21H24O11. The van der Waals surface area contributed by atoms with Crippen molar-refractivity contribution in [3.05, 3.63) is 47.0 Å². The fourth-order valence-corrected chi connectivity index (χ4v) is 3.61. The van der Waals surface area contributed by atoms with E-state index in [0.29, 0.717) is 5.56 Å². The summed E-state index contributed by atoms with van der Waals surface area (Å²) >= 11 is 0. The number of aliphatic hydroxyl groups excluding tert-OH is 5. The summed E-state index contributed by atoms with van der Waals surface area (Å²) in [4.78, 5) is 12.8. The Hall–Kier alpha value is -2.93. The van der Waals surface area contributed by atoms with Crippen molar-refractivity contribution < 1.29 is 55.5 Å². The first-order chi connectivity index (χ1) is 15.1. The maximum Gasteiger partial charge on any atom is 0.195 e. The minimum atomic E-state index is -1.82. The number of rotatable bonds is 6. The van der Waals surface area contributed by atoms with Crippen molar-refractivity contribution >= 4 is 5.78 Å². The van der Waals surface area contributed by atoms with Gasteiger partial charge in [-0.15, -0.1) is 0 Å². The van der Waals surface area contributed by atoms with E-state index in [1.54, 1.807) is 0 Å². The van der Waals surface area contributed by atoms with E-state index >= 15 is 0 Å². The van der Waals surface area contributed by atoms with E-state index in [9.17, 15) is 50.8 Å². The molecule has 1 unspecified atom stereocenters. The van der Waals surface area contributed by atoms with Crippen LogP contribution in [-0.2, 0) is 11.2 Å². The Labute approximate surface area is 181 Å². The Morgan fingerprint density at radius 1 is 0.906 bits per heavy atom. The van der Waals surface area contributed by atoms with E-state index in [1.807, 2.05) is 0 Å². The van der Waals surface area contributed by atoms with Crippen molar-refractivity contribution in [1.29, 1.82) is 0 Å². The molecule has 0 saturated carbocycles. The smallest absolute Gasteiger partial charge is 0.195 e. The second-order valence-electron chi connectivity index (χ2n) is 7.55. The highest BCUT2D eigenvalue weighted by molar-refractivity contribution is 6.02. The van der Waals surface area contributed by atoms with Gasteiger partial charge in [0.2, 0.25) is 0 Å². The van der Waals surface area contributed by atoms with Crippen LogP contribution in [0.5, 0.6) is 23.0 Å². The molecule has 1 aliphatic heterocycles. The van der Waals surface area contributed by atoms with Crippen LogP contribution in [-0.4, -0.2) is 88.9 Å². The lowest BCUT2D eigenvalue weighted by atomic mass is 9.88. The van der Waals surface area contributed by atoms with Gasteiger partial charge in [-0.3, -0.25) is 4.79 Å². The normalized spacial score (nSPS) is 26.6. The monoisotopic (exact) mass is 452 g/mol. The van der Waals surface area contributed by atoms with Crippen LogP contribution in [0, 0.1) is 0 Å². The first kappa shape index (κ1) is 23.7. The summed E-state index contributed by atoms with van der Waals surface area (Å²) in [7, 11) is 0. The molecule has 0 radical (unpaired) electrons. The summed E-state index contributed by atoms with van der Waals surface area (Å²) in [5, 5.41) is 89.6. The zero-order valence-electron chi connectivity index (χ0n) is 16.6. The van der Waals surface area contributed by atoms with Crippen molar-refractivity contribution in [2.75, 3.05) is 6.61 Å². The van der Waals surface area contributed by atoms with Crippen LogP contribution in [0.4, 0.5) is 0 Å². The Bertz CT molecular complexity index is 990. The molecule has 9 N–H and O–H groups in total. The SMILES string of the molecule is O=C(c1ccc(O)c([C@@H]2O[C@H](CO)[C@@H](O)[C@H](O)[C@H]2O)c1O)C(O)Cc1ccc(O)c(O)c1. The second kappa shape index (κ2) is 9.28. The zero-order valence-corrected chi connectivity index (χ0v) is 16.6. The van der Waals surface area contributed by atoms with Crippen molar-refractivity contribution in [1.82, 2.24) is 0 Å². The zero-order chi connectivity index (χ0) is 23.7. The van der Waals surface area contributed by atoms with Gasteiger partial charge in [0.1, 0.15) is 48.1 Å². The molecule has 3 rings (SSSR count). The number of benzene rings is 2. The van der Waals surface area contributed by atoms with E-state index in [1.165, 1.54) is 12.1 Å². The Kier molecular flexibility index (Phi) is 6.88. The fourth-order valence-electron chi connectivity index (χ4n) is 3.61. The number of aromatic hydroxyl groups is 4. The molecule has 1 saturated heterocycles. The molecule has 32 heavy (non-hydrogen) atoms. The van der Waals surface area contributed by atoms with Gasteiger partial charge in [-0.1, -0.05) is 6.07 Å². The van der Waals surface area contributed by atoms with Crippen LogP contribution in [0.15, 0.2) is 30.3 Å². The number of hydrogen-bond acceptors (Lipinski definition) is 11. The van der Waals surface area contributed by atoms with E-state index in [2.05, 4.69) is 0 Å². The molecule has 2 aromatic carbocycles. The molecule has 0 aliphatic carbocycles. The first-order valence-electron chi connectivity index (χ1n) is 9.65. The third-order valence-electron chi connectivity index (χ3n) is 5.41. The van der Waals surface area contributed by atoms with Gasteiger partial charge in [-0.05, 0) is 29.8 Å². The van der Waals surface area contributed by atoms with Crippen LogP contribution in [0.1, 0.15) is 27.6 Å². The van der Waals surface area contributed by atoms with Crippen molar-refractivity contribution in [3.63, 3.8) is 0 Å². The van der Waals surface area contributed by atoms with Crippen LogP contribution in [0.25, 0.3) is 0 Å². The molecular weight excluding hydrogens is 428 g/mol. The summed E-state index contributed by atoms with van der Waals surface area (Å²) in [5.74, 6) is -3.20. The van der Waals surface area contributed by atoms with E-state index in [-0.39, 0.29) is 12.2 Å². The number of phenolic OH excluding ortho intramolecular Hbond substituents is 4. The quantitative estimate of drug-likeness (QED) is 0.188. The second-order valence-corrected chi connectivity index (χ2v) is 7.55. The molecule has 1 aliphatic rings. The van der Waals surface area contributed by atoms with Gasteiger partial charge in [0.25, 0.3) is 0 Å². The van der Waals surface area contributed by atoms with Gasteiger partial charge in [0.15, 0.2) is 17.3 Å². The molecule has 0 spiro atoms. The predicted octanol–water partition coefficient (Wildman–Crippen LogP) is -1.19. The van der Waals surface area contributed by atoms with E-state index in [0.717, 1.165) is 18.2 Å². The van der Waals surface area contributed by atoms with Gasteiger partial charge in [0, 0.05) is 6.42 Å². The molecule has 1 fully saturated rings. The van der Waals surface area contributed by atoms with Gasteiger partial charge in [0.05, 0.1) is 17.7 Å². The third-order valence-corrected chi connectivity index (χ3v) is 5.41. The lowest BCUT2D eigenvalue weighted by molar-refractivity contribution is -0.232. The van der Waals surface area contributed by atoms with Gasteiger partial charge < -0.3 is 50.7 Å². The minimum absolute atomic E-state index is 0.275. The number of aliphatic hydroxyl groups is 5. The molecule has 0 amide bonds. The van der Waals surface area contributed by atoms with Gasteiger partial charge in [-0.25, -0.2) is 0 Å². The van der Waals surface area contributed by atoms with E-state index < -0.39 is 77.4 Å². The molecule has 0 bridgehead atoms. The molecule has 1 heterocycles. The fraction of sp³-hybridized carbons (Fsp3) is 0.381. The largest absolute Gasteiger partial charge is 0.507 e. The summed E-state index contributed by atoms with van der Waals surface area (Å²) in [6.45, 7) is -0.736. The number of ketones is 1. The molecule has 11 heteroatoms. The highest BCUT2D eigenvalue weighted by atomic mass is 16.5. The van der Waals surface area contributed by atoms with Crippen molar-refractivity contribution in [2.45, 2.75) is 43.0 Å². The standard InChI is InChI=1S/C21H24O11/c22-7-14-18(29)19(30)20(31)21(32-14)15-11(24)4-2-9(17(15)28)16(27)13(26)6-8-1-3-10(23)12(25)5-8/h1-5,13-14,18-26,28-31H,6-7H2/t13?,14-,18-,19+,20-,21+/m1/s1. The Balaban J connectivity index is 1.91. The van der Waals surface area contributed by atoms with Gasteiger partial charge >= 0.3 is 0 Å². The summed E-state index contributed by atoms with van der Waals surface area (Å²) < 4.78 is 5.34. The lowest BCUT2D eigenvalue weighted by Crippen LogP contribution is -2.55. The van der Waals surface area contributed by atoms with Crippen LogP contribution in [0.2, 0.25) is 0 Å². The third kappa shape index (κ3) is 4.35. The number of phenols is 4. The number of carbonyl (C=O) groups is 1. The van der Waals surface area contributed by atoms with Crippen molar-refractivity contribution in [2.24, 2.45) is 0 Å². The first-order valence-corrected chi connectivity index (χ1v) is 9.65. The Morgan fingerprint density at radius 3 is 2.19 bits per heavy atom. The van der Waals surface area contributed by atoms with Gasteiger partial charge in [-0.2, -0.15) is 0 Å².